The topological polar surface area (TPSA) is 0 Å². The van der Waals surface area contributed by atoms with Gasteiger partial charge in [-0.15, -0.1) is 0 Å². The zero-order valence-corrected chi connectivity index (χ0v) is 9.40. The monoisotopic (exact) mass is 206 g/mol. The lowest BCUT2D eigenvalue weighted by atomic mass is 10.0. The zero-order valence-electron chi connectivity index (χ0n) is 9.40. The first kappa shape index (κ1) is 9.41. The van der Waals surface area contributed by atoms with Crippen molar-refractivity contribution in [2.75, 3.05) is 0 Å². The molecule has 1 aliphatic rings. The van der Waals surface area contributed by atoms with E-state index in [1.54, 1.807) is 0 Å². The number of rotatable bonds is 1. The molecule has 0 saturated heterocycles. The van der Waals surface area contributed by atoms with Crippen LogP contribution in [0, 0.1) is 0 Å². The van der Waals surface area contributed by atoms with Gasteiger partial charge in [0.05, 0.1) is 0 Å². The van der Waals surface area contributed by atoms with Crippen molar-refractivity contribution >= 4 is 6.08 Å². The SMILES string of the molecule is CC=Cc1cccc2c1Cc1ccccc1-2. The predicted molar refractivity (Wildman–Crippen MR) is 69.4 cm³/mol. The van der Waals surface area contributed by atoms with E-state index < -0.39 is 0 Å². The van der Waals surface area contributed by atoms with Crippen molar-refractivity contribution in [3.05, 3.63) is 65.2 Å². The maximum atomic E-state index is 2.23. The Balaban J connectivity index is 2.23. The van der Waals surface area contributed by atoms with Crippen LogP contribution >= 0.6 is 0 Å². The summed E-state index contributed by atoms with van der Waals surface area (Å²) in [7, 11) is 0. The van der Waals surface area contributed by atoms with E-state index in [0.29, 0.717) is 0 Å². The molecule has 0 bridgehead atoms. The summed E-state index contributed by atoms with van der Waals surface area (Å²) in [6, 6.07) is 15.3. The van der Waals surface area contributed by atoms with E-state index in [9.17, 15) is 0 Å². The molecule has 0 atom stereocenters. The fourth-order valence-corrected chi connectivity index (χ4v) is 2.52. The molecule has 78 valence electrons. The highest BCUT2D eigenvalue weighted by atomic mass is 14.2. The molecule has 0 saturated carbocycles. The van der Waals surface area contributed by atoms with Crippen LogP contribution < -0.4 is 0 Å². The molecule has 0 aromatic heterocycles. The summed E-state index contributed by atoms with van der Waals surface area (Å²) in [5.74, 6) is 0. The first-order valence-corrected chi connectivity index (χ1v) is 5.73. The summed E-state index contributed by atoms with van der Waals surface area (Å²) in [5.41, 5.74) is 7.10. The Morgan fingerprint density at radius 1 is 0.938 bits per heavy atom. The van der Waals surface area contributed by atoms with Crippen molar-refractivity contribution in [1.82, 2.24) is 0 Å². The fourth-order valence-electron chi connectivity index (χ4n) is 2.52. The third-order valence-corrected chi connectivity index (χ3v) is 3.23. The van der Waals surface area contributed by atoms with Crippen LogP contribution in [-0.4, -0.2) is 0 Å². The molecule has 0 N–H and O–H groups in total. The minimum absolute atomic E-state index is 1.08. The molecule has 0 unspecified atom stereocenters. The van der Waals surface area contributed by atoms with Crippen LogP contribution in [0.3, 0.4) is 0 Å². The van der Waals surface area contributed by atoms with Crippen LogP contribution in [0.25, 0.3) is 17.2 Å². The van der Waals surface area contributed by atoms with Crippen LogP contribution in [0.4, 0.5) is 0 Å². The van der Waals surface area contributed by atoms with Gasteiger partial charge in [-0.1, -0.05) is 54.6 Å². The van der Waals surface area contributed by atoms with Gasteiger partial charge >= 0.3 is 0 Å². The van der Waals surface area contributed by atoms with Crippen molar-refractivity contribution in [3.8, 4) is 11.1 Å². The van der Waals surface area contributed by atoms with Gasteiger partial charge in [0.1, 0.15) is 0 Å². The van der Waals surface area contributed by atoms with Crippen molar-refractivity contribution in [2.24, 2.45) is 0 Å². The van der Waals surface area contributed by atoms with Crippen LogP contribution in [0.1, 0.15) is 23.6 Å². The Labute approximate surface area is 96.3 Å². The van der Waals surface area contributed by atoms with Gasteiger partial charge in [-0.25, -0.2) is 0 Å². The van der Waals surface area contributed by atoms with Crippen molar-refractivity contribution in [1.29, 1.82) is 0 Å². The molecule has 1 aliphatic carbocycles. The molecule has 0 aliphatic heterocycles. The van der Waals surface area contributed by atoms with E-state index in [0.717, 1.165) is 6.42 Å². The molecular weight excluding hydrogens is 192 g/mol. The maximum Gasteiger partial charge on any atom is -0.000751 e. The normalized spacial score (nSPS) is 12.8. The van der Waals surface area contributed by atoms with Gasteiger partial charge in [-0.05, 0) is 41.2 Å². The molecule has 0 heteroatoms. The Hall–Kier alpha value is -1.82. The first-order valence-electron chi connectivity index (χ1n) is 5.73. The van der Waals surface area contributed by atoms with Crippen LogP contribution in [0.2, 0.25) is 0 Å². The van der Waals surface area contributed by atoms with Gasteiger partial charge in [-0.2, -0.15) is 0 Å². The highest BCUT2D eigenvalue weighted by Gasteiger charge is 2.18. The summed E-state index contributed by atoms with van der Waals surface area (Å²) in [4.78, 5) is 0. The van der Waals surface area contributed by atoms with Gasteiger partial charge in [0, 0.05) is 0 Å². The smallest absolute Gasteiger partial charge is 0.000751 e. The van der Waals surface area contributed by atoms with E-state index >= 15 is 0 Å². The highest BCUT2D eigenvalue weighted by Crippen LogP contribution is 2.38. The summed E-state index contributed by atoms with van der Waals surface area (Å²) < 4.78 is 0. The van der Waals surface area contributed by atoms with Crippen molar-refractivity contribution in [2.45, 2.75) is 13.3 Å². The molecule has 0 spiro atoms. The lowest BCUT2D eigenvalue weighted by molar-refractivity contribution is 1.25. The lowest BCUT2D eigenvalue weighted by Crippen LogP contribution is -1.85. The molecule has 0 amide bonds. The molecule has 0 heterocycles. The molecule has 2 aromatic carbocycles. The maximum absolute atomic E-state index is 2.23. The number of hydrogen-bond acceptors (Lipinski definition) is 0. The van der Waals surface area contributed by atoms with E-state index in [1.807, 2.05) is 0 Å². The Kier molecular flexibility index (Phi) is 2.14. The van der Waals surface area contributed by atoms with E-state index in [4.69, 9.17) is 0 Å². The molecule has 0 fully saturated rings. The van der Waals surface area contributed by atoms with Crippen LogP contribution in [-0.2, 0) is 6.42 Å². The zero-order chi connectivity index (χ0) is 11.0. The third-order valence-electron chi connectivity index (χ3n) is 3.23. The molecular formula is C16H14. The second-order valence-electron chi connectivity index (χ2n) is 4.21. The van der Waals surface area contributed by atoms with Gasteiger partial charge in [0.15, 0.2) is 0 Å². The first-order chi connectivity index (χ1) is 7.90. The Morgan fingerprint density at radius 2 is 1.75 bits per heavy atom. The summed E-state index contributed by atoms with van der Waals surface area (Å²) in [6.07, 6.45) is 5.38. The molecule has 0 radical (unpaired) electrons. The average molecular weight is 206 g/mol. The Morgan fingerprint density at radius 3 is 2.62 bits per heavy atom. The predicted octanol–water partition coefficient (Wildman–Crippen LogP) is 4.29. The number of allylic oxidation sites excluding steroid dienone is 1. The van der Waals surface area contributed by atoms with Crippen LogP contribution in [0.5, 0.6) is 0 Å². The van der Waals surface area contributed by atoms with Gasteiger partial charge in [-0.3, -0.25) is 0 Å². The average Bonchev–Trinajstić information content (AvgIpc) is 2.69. The summed E-state index contributed by atoms with van der Waals surface area (Å²) in [6.45, 7) is 2.07. The fraction of sp³-hybridized carbons (Fsp3) is 0.125. The number of hydrogen-bond donors (Lipinski definition) is 0. The lowest BCUT2D eigenvalue weighted by Gasteiger charge is -2.03. The Bertz CT molecular complexity index is 562. The minimum Gasteiger partial charge on any atom is -0.0871 e. The van der Waals surface area contributed by atoms with Crippen molar-refractivity contribution in [3.63, 3.8) is 0 Å². The van der Waals surface area contributed by atoms with E-state index in [1.165, 1.54) is 27.8 Å². The molecule has 3 rings (SSSR count). The minimum atomic E-state index is 1.08. The second-order valence-corrected chi connectivity index (χ2v) is 4.21. The van der Waals surface area contributed by atoms with Crippen molar-refractivity contribution < 1.29 is 0 Å². The molecule has 16 heavy (non-hydrogen) atoms. The molecule has 2 aromatic rings. The summed E-state index contributed by atoms with van der Waals surface area (Å²) >= 11 is 0. The van der Waals surface area contributed by atoms with Gasteiger partial charge in [0.25, 0.3) is 0 Å². The third kappa shape index (κ3) is 1.30. The number of fused-ring (bicyclic) bond motifs is 3. The van der Waals surface area contributed by atoms with Crippen LogP contribution in [0.15, 0.2) is 48.5 Å². The highest BCUT2D eigenvalue weighted by molar-refractivity contribution is 5.80. The molecule has 0 nitrogen and oxygen atoms in total. The quantitative estimate of drug-likeness (QED) is 0.557. The largest absolute Gasteiger partial charge is 0.0871 e. The summed E-state index contributed by atoms with van der Waals surface area (Å²) in [5, 5.41) is 0. The number of benzene rings is 2. The standard InChI is InChI=1S/C16H14/c1-2-6-12-8-5-10-15-14-9-4-3-7-13(14)11-16(12)15/h2-10H,11H2,1H3. The van der Waals surface area contributed by atoms with E-state index in [-0.39, 0.29) is 0 Å². The second kappa shape index (κ2) is 3.64. The van der Waals surface area contributed by atoms with Gasteiger partial charge < -0.3 is 0 Å². The van der Waals surface area contributed by atoms with E-state index in [2.05, 4.69) is 61.5 Å². The van der Waals surface area contributed by atoms with Gasteiger partial charge in [0.2, 0.25) is 0 Å².